The van der Waals surface area contributed by atoms with Crippen LogP contribution in [0, 0.1) is 11.8 Å². The summed E-state index contributed by atoms with van der Waals surface area (Å²) >= 11 is 0. The molecule has 0 radical (unpaired) electrons. The minimum atomic E-state index is -0.196. The van der Waals surface area contributed by atoms with Gasteiger partial charge in [-0.2, -0.15) is 0 Å². The first-order valence-electron chi connectivity index (χ1n) is 9.65. The molecule has 2 amide bonds. The number of nitrogens with one attached hydrogen (secondary N) is 2. The lowest BCUT2D eigenvalue weighted by Gasteiger charge is -2.36. The van der Waals surface area contributed by atoms with E-state index < -0.39 is 0 Å². The Morgan fingerprint density at radius 2 is 1.85 bits per heavy atom. The predicted molar refractivity (Wildman–Crippen MR) is 105 cm³/mol. The molecule has 5 heteroatoms. The molecule has 1 aliphatic carbocycles. The van der Waals surface area contributed by atoms with Gasteiger partial charge in [-0.1, -0.05) is 38.8 Å². The Hall–Kier alpha value is -1.88. The summed E-state index contributed by atoms with van der Waals surface area (Å²) < 4.78 is 0. The van der Waals surface area contributed by atoms with Crippen molar-refractivity contribution < 1.29 is 9.59 Å². The molecule has 1 aliphatic rings. The first kappa shape index (κ1) is 20.4. The first-order chi connectivity index (χ1) is 12.3. The van der Waals surface area contributed by atoms with Crippen LogP contribution < -0.4 is 10.6 Å². The molecule has 0 unspecified atom stereocenters. The van der Waals surface area contributed by atoms with E-state index in [4.69, 9.17) is 0 Å². The molecule has 2 N–H and O–H groups in total. The van der Waals surface area contributed by atoms with Crippen LogP contribution in [0.15, 0.2) is 24.3 Å². The molecule has 0 heterocycles. The number of hydrogen-bond acceptors (Lipinski definition) is 3. The lowest BCUT2D eigenvalue weighted by Crippen LogP contribution is -2.50. The van der Waals surface area contributed by atoms with Gasteiger partial charge in [-0.3, -0.25) is 14.5 Å². The second-order valence-electron chi connectivity index (χ2n) is 7.75. The zero-order valence-corrected chi connectivity index (χ0v) is 16.7. The Morgan fingerprint density at radius 3 is 2.46 bits per heavy atom. The second kappa shape index (κ2) is 9.17. The van der Waals surface area contributed by atoms with Gasteiger partial charge in [-0.15, -0.1) is 0 Å². The third-order valence-electron chi connectivity index (χ3n) is 5.95. The lowest BCUT2D eigenvalue weighted by molar-refractivity contribution is -0.127. The highest BCUT2D eigenvalue weighted by molar-refractivity contribution is 5.93. The van der Waals surface area contributed by atoms with Gasteiger partial charge in [0.2, 0.25) is 5.91 Å². The van der Waals surface area contributed by atoms with Gasteiger partial charge in [0.15, 0.2) is 0 Å². The molecule has 1 aromatic rings. The number of nitrogens with zero attached hydrogens (tertiary/aromatic N) is 1. The number of hydrogen-bond donors (Lipinski definition) is 2. The Bertz CT molecular complexity index is 614. The molecular weight excluding hydrogens is 326 g/mol. The Balaban J connectivity index is 1.90. The average molecular weight is 360 g/mol. The van der Waals surface area contributed by atoms with E-state index in [1.165, 1.54) is 12.8 Å². The topological polar surface area (TPSA) is 61.4 Å². The van der Waals surface area contributed by atoms with Crippen molar-refractivity contribution in [1.82, 2.24) is 15.5 Å². The van der Waals surface area contributed by atoms with Gasteiger partial charge < -0.3 is 10.6 Å². The van der Waals surface area contributed by atoms with Gasteiger partial charge >= 0.3 is 0 Å². The summed E-state index contributed by atoms with van der Waals surface area (Å²) in [7, 11) is 3.59. The van der Waals surface area contributed by atoms with E-state index in [0.717, 1.165) is 12.0 Å². The summed E-state index contributed by atoms with van der Waals surface area (Å²) in [6.45, 7) is 7.14. The van der Waals surface area contributed by atoms with Crippen molar-refractivity contribution >= 4 is 11.8 Å². The molecule has 0 bridgehead atoms. The molecule has 0 aliphatic heterocycles. The van der Waals surface area contributed by atoms with Gasteiger partial charge in [0, 0.05) is 25.2 Å². The third kappa shape index (κ3) is 5.07. The standard InChI is InChI=1S/C21H33N3O2/c1-14-7-6-8-19(15(14)2)23-20(25)16(3)24(5)13-17-9-11-18(12-10-17)21(26)22-4/h9-12,14-16,19H,6-8,13H2,1-5H3,(H,22,26)(H,23,25)/t14-,15-,16-,19+/m1/s1. The molecule has 5 nitrogen and oxygen atoms in total. The quantitative estimate of drug-likeness (QED) is 0.821. The summed E-state index contributed by atoms with van der Waals surface area (Å²) in [6, 6.07) is 7.61. The molecule has 4 atom stereocenters. The van der Waals surface area contributed by atoms with Crippen molar-refractivity contribution in [2.75, 3.05) is 14.1 Å². The normalized spacial score (nSPS) is 24.2. The fraction of sp³-hybridized carbons (Fsp3) is 0.619. The highest BCUT2D eigenvalue weighted by Gasteiger charge is 2.30. The van der Waals surface area contributed by atoms with E-state index in [9.17, 15) is 9.59 Å². The molecule has 26 heavy (non-hydrogen) atoms. The smallest absolute Gasteiger partial charge is 0.251 e. The minimum Gasteiger partial charge on any atom is -0.355 e. The van der Waals surface area contributed by atoms with Crippen LogP contribution in [0.2, 0.25) is 0 Å². The minimum absolute atomic E-state index is 0.0894. The van der Waals surface area contributed by atoms with Gasteiger partial charge in [-0.05, 0) is 49.9 Å². The van der Waals surface area contributed by atoms with Crippen LogP contribution in [0.1, 0.15) is 56.0 Å². The maximum atomic E-state index is 12.7. The lowest BCUT2D eigenvalue weighted by atomic mass is 9.78. The highest BCUT2D eigenvalue weighted by atomic mass is 16.2. The molecule has 0 saturated heterocycles. The maximum Gasteiger partial charge on any atom is 0.251 e. The van der Waals surface area contributed by atoms with E-state index in [2.05, 4.69) is 24.5 Å². The fourth-order valence-corrected chi connectivity index (χ4v) is 3.62. The molecule has 144 valence electrons. The summed E-state index contributed by atoms with van der Waals surface area (Å²) in [4.78, 5) is 26.3. The SMILES string of the molecule is CNC(=O)c1ccc(CN(C)[C@H](C)C(=O)N[C@H]2CCC[C@@H](C)[C@H]2C)cc1. The average Bonchev–Trinajstić information content (AvgIpc) is 2.64. The highest BCUT2D eigenvalue weighted by Crippen LogP contribution is 2.29. The summed E-state index contributed by atoms with van der Waals surface area (Å²) in [5, 5.41) is 5.88. The zero-order valence-electron chi connectivity index (χ0n) is 16.7. The van der Waals surface area contributed by atoms with Crippen molar-refractivity contribution in [2.24, 2.45) is 11.8 Å². The Labute approximate surface area is 157 Å². The van der Waals surface area contributed by atoms with Crippen molar-refractivity contribution in [1.29, 1.82) is 0 Å². The number of rotatable bonds is 6. The van der Waals surface area contributed by atoms with Crippen LogP contribution in [0.3, 0.4) is 0 Å². The molecule has 1 fully saturated rings. The molecule has 0 aromatic heterocycles. The third-order valence-corrected chi connectivity index (χ3v) is 5.95. The van der Waals surface area contributed by atoms with Crippen LogP contribution in [0.4, 0.5) is 0 Å². The number of amides is 2. The molecule has 1 aromatic carbocycles. The second-order valence-corrected chi connectivity index (χ2v) is 7.75. The van der Waals surface area contributed by atoms with Gasteiger partial charge in [0.25, 0.3) is 5.91 Å². The number of benzene rings is 1. The number of carbonyl (C=O) groups excluding carboxylic acids is 2. The molecule has 1 saturated carbocycles. The van der Waals surface area contributed by atoms with Crippen LogP contribution in [-0.2, 0) is 11.3 Å². The van der Waals surface area contributed by atoms with Gasteiger partial charge in [-0.25, -0.2) is 0 Å². The molecule has 0 spiro atoms. The monoisotopic (exact) mass is 359 g/mol. The zero-order chi connectivity index (χ0) is 19.3. The van der Waals surface area contributed by atoms with Crippen molar-refractivity contribution in [3.05, 3.63) is 35.4 Å². The van der Waals surface area contributed by atoms with Crippen molar-refractivity contribution in [2.45, 2.75) is 58.7 Å². The van der Waals surface area contributed by atoms with E-state index >= 15 is 0 Å². The number of likely N-dealkylation sites (N-methyl/N-ethyl adjacent to an activating group) is 1. The largest absolute Gasteiger partial charge is 0.355 e. The molecular formula is C21H33N3O2. The van der Waals surface area contributed by atoms with Crippen molar-refractivity contribution in [3.8, 4) is 0 Å². The fourth-order valence-electron chi connectivity index (χ4n) is 3.62. The van der Waals surface area contributed by atoms with Crippen LogP contribution >= 0.6 is 0 Å². The Kier molecular flexibility index (Phi) is 7.21. The van der Waals surface area contributed by atoms with E-state index in [0.29, 0.717) is 23.9 Å². The molecule has 2 rings (SSSR count). The van der Waals surface area contributed by atoms with Gasteiger partial charge in [0.1, 0.15) is 0 Å². The van der Waals surface area contributed by atoms with Crippen LogP contribution in [0.5, 0.6) is 0 Å². The van der Waals surface area contributed by atoms with Crippen molar-refractivity contribution in [3.63, 3.8) is 0 Å². The Morgan fingerprint density at radius 1 is 1.19 bits per heavy atom. The first-order valence-corrected chi connectivity index (χ1v) is 9.65. The number of carbonyl (C=O) groups is 2. The summed E-state index contributed by atoms with van der Waals surface area (Å²) in [5.41, 5.74) is 1.73. The summed E-state index contributed by atoms with van der Waals surface area (Å²) in [5.74, 6) is 1.21. The predicted octanol–water partition coefficient (Wildman–Crippen LogP) is 2.81. The van der Waals surface area contributed by atoms with E-state index in [1.54, 1.807) is 7.05 Å². The van der Waals surface area contributed by atoms with Crippen LogP contribution in [0.25, 0.3) is 0 Å². The maximum absolute atomic E-state index is 12.7. The van der Waals surface area contributed by atoms with E-state index in [-0.39, 0.29) is 23.9 Å². The van der Waals surface area contributed by atoms with Gasteiger partial charge in [0.05, 0.1) is 6.04 Å². The van der Waals surface area contributed by atoms with E-state index in [1.807, 2.05) is 43.1 Å². The summed E-state index contributed by atoms with van der Waals surface area (Å²) in [6.07, 6.45) is 3.53. The van der Waals surface area contributed by atoms with Crippen LogP contribution in [-0.4, -0.2) is 42.9 Å².